The predicted octanol–water partition coefficient (Wildman–Crippen LogP) is 4.70. The normalized spacial score (nSPS) is 14.6. The fraction of sp³-hybridized carbons (Fsp3) is 0.417. The number of aromatic nitrogens is 3. The number of nitrogens with zero attached hydrogens (tertiary/aromatic N) is 4. The second kappa shape index (κ2) is 9.84. The van der Waals surface area contributed by atoms with Crippen LogP contribution in [0.3, 0.4) is 0 Å². The first kappa shape index (κ1) is 23.7. The van der Waals surface area contributed by atoms with Crippen molar-refractivity contribution in [1.82, 2.24) is 19.7 Å². The highest BCUT2D eigenvalue weighted by molar-refractivity contribution is 7.13. The first-order valence-corrected chi connectivity index (χ1v) is 12.0. The summed E-state index contributed by atoms with van der Waals surface area (Å²) in [4.78, 5) is 31.5. The van der Waals surface area contributed by atoms with Crippen LogP contribution in [-0.2, 0) is 4.74 Å². The number of hydrogen-bond donors (Lipinski definition) is 1. The molecule has 2 amide bonds. The number of likely N-dealkylation sites (tertiary alicyclic amines) is 1. The number of rotatable bonds is 5. The van der Waals surface area contributed by atoms with Gasteiger partial charge in [-0.15, -0.1) is 11.3 Å². The lowest BCUT2D eigenvalue weighted by Crippen LogP contribution is -2.41. The number of thiazole rings is 1. The Labute approximate surface area is 202 Å². The van der Waals surface area contributed by atoms with Gasteiger partial charge < -0.3 is 14.4 Å². The van der Waals surface area contributed by atoms with Crippen LogP contribution in [0.1, 0.15) is 55.6 Å². The molecule has 180 valence electrons. The van der Waals surface area contributed by atoms with E-state index in [0.29, 0.717) is 36.6 Å². The van der Waals surface area contributed by atoms with E-state index in [4.69, 9.17) is 9.47 Å². The van der Waals surface area contributed by atoms with Gasteiger partial charge in [-0.1, -0.05) is 0 Å². The number of piperidine rings is 1. The molecule has 3 heterocycles. The third kappa shape index (κ3) is 5.39. The van der Waals surface area contributed by atoms with Crippen molar-refractivity contribution in [2.45, 2.75) is 45.1 Å². The molecule has 0 saturated carbocycles. The van der Waals surface area contributed by atoms with Crippen molar-refractivity contribution in [2.24, 2.45) is 0 Å². The molecule has 1 saturated heterocycles. The SMILES string of the molecule is COc1ccc(-n2ncc(C(=O)Nc3nccs3)c2C2CCN(C(=O)OC(C)(C)C)CC2)cc1. The molecule has 1 N–H and O–H groups in total. The van der Waals surface area contributed by atoms with Crippen molar-refractivity contribution in [2.75, 3.05) is 25.5 Å². The Kier molecular flexibility index (Phi) is 6.87. The maximum Gasteiger partial charge on any atom is 0.410 e. The molecule has 0 unspecified atom stereocenters. The van der Waals surface area contributed by atoms with Crippen LogP contribution >= 0.6 is 11.3 Å². The number of anilines is 1. The average molecular weight is 484 g/mol. The number of carbonyl (C=O) groups is 2. The summed E-state index contributed by atoms with van der Waals surface area (Å²) in [7, 11) is 1.62. The van der Waals surface area contributed by atoms with Gasteiger partial charge in [-0.2, -0.15) is 5.10 Å². The molecule has 2 aromatic heterocycles. The molecule has 1 aliphatic heterocycles. The third-order valence-corrected chi connectivity index (χ3v) is 6.24. The second-order valence-corrected chi connectivity index (χ2v) is 9.98. The summed E-state index contributed by atoms with van der Waals surface area (Å²) in [6, 6.07) is 7.55. The van der Waals surface area contributed by atoms with Gasteiger partial charge >= 0.3 is 6.09 Å². The van der Waals surface area contributed by atoms with Gasteiger partial charge in [0.2, 0.25) is 0 Å². The Balaban J connectivity index is 1.60. The number of hydrogen-bond acceptors (Lipinski definition) is 7. The quantitative estimate of drug-likeness (QED) is 0.565. The number of benzene rings is 1. The molecular weight excluding hydrogens is 454 g/mol. The third-order valence-electron chi connectivity index (χ3n) is 5.55. The Hall–Kier alpha value is -3.40. The molecule has 0 atom stereocenters. The van der Waals surface area contributed by atoms with E-state index in [1.54, 1.807) is 24.4 Å². The molecule has 9 nitrogen and oxygen atoms in total. The minimum Gasteiger partial charge on any atom is -0.497 e. The lowest BCUT2D eigenvalue weighted by molar-refractivity contribution is 0.0203. The Morgan fingerprint density at radius 1 is 1.15 bits per heavy atom. The van der Waals surface area contributed by atoms with Crippen molar-refractivity contribution in [3.05, 3.63) is 53.3 Å². The average Bonchev–Trinajstić information content (AvgIpc) is 3.48. The molecule has 0 aliphatic carbocycles. The first-order chi connectivity index (χ1) is 16.2. The van der Waals surface area contributed by atoms with E-state index in [9.17, 15) is 9.59 Å². The van der Waals surface area contributed by atoms with Crippen LogP contribution in [-0.4, -0.2) is 57.5 Å². The summed E-state index contributed by atoms with van der Waals surface area (Å²) in [5.74, 6) is 0.532. The zero-order valence-electron chi connectivity index (χ0n) is 19.8. The van der Waals surface area contributed by atoms with E-state index in [0.717, 1.165) is 17.1 Å². The monoisotopic (exact) mass is 483 g/mol. The molecule has 3 aromatic rings. The lowest BCUT2D eigenvalue weighted by Gasteiger charge is -2.34. The number of carbonyl (C=O) groups excluding carboxylic acids is 2. The largest absolute Gasteiger partial charge is 0.497 e. The number of nitrogens with one attached hydrogen (secondary N) is 1. The van der Waals surface area contributed by atoms with Crippen molar-refractivity contribution in [3.63, 3.8) is 0 Å². The Morgan fingerprint density at radius 2 is 1.85 bits per heavy atom. The molecule has 10 heteroatoms. The van der Waals surface area contributed by atoms with Crippen LogP contribution in [0.4, 0.5) is 9.93 Å². The molecule has 1 aliphatic rings. The van der Waals surface area contributed by atoms with Crippen LogP contribution < -0.4 is 10.1 Å². The van der Waals surface area contributed by atoms with E-state index in [1.807, 2.05) is 55.1 Å². The Bertz CT molecular complexity index is 1130. The summed E-state index contributed by atoms with van der Waals surface area (Å²) in [6.07, 6.45) is 4.32. The molecule has 0 spiro atoms. The summed E-state index contributed by atoms with van der Waals surface area (Å²) in [6.45, 7) is 6.66. The van der Waals surface area contributed by atoms with Crippen LogP contribution in [0, 0.1) is 0 Å². The van der Waals surface area contributed by atoms with Crippen LogP contribution in [0.2, 0.25) is 0 Å². The van der Waals surface area contributed by atoms with Gasteiger partial charge in [0.15, 0.2) is 5.13 Å². The summed E-state index contributed by atoms with van der Waals surface area (Å²) < 4.78 is 12.6. The minimum atomic E-state index is -0.540. The van der Waals surface area contributed by atoms with Gasteiger partial charge in [0, 0.05) is 30.6 Å². The predicted molar refractivity (Wildman–Crippen MR) is 130 cm³/mol. The van der Waals surface area contributed by atoms with Gasteiger partial charge in [0.25, 0.3) is 5.91 Å². The maximum absolute atomic E-state index is 13.1. The number of ether oxygens (including phenoxy) is 2. The topological polar surface area (TPSA) is 98.6 Å². The van der Waals surface area contributed by atoms with E-state index >= 15 is 0 Å². The van der Waals surface area contributed by atoms with E-state index < -0.39 is 5.60 Å². The van der Waals surface area contributed by atoms with E-state index in [-0.39, 0.29) is 17.9 Å². The van der Waals surface area contributed by atoms with Gasteiger partial charge in [0.1, 0.15) is 11.4 Å². The van der Waals surface area contributed by atoms with Crippen LogP contribution in [0.15, 0.2) is 42.0 Å². The van der Waals surface area contributed by atoms with E-state index in [1.165, 1.54) is 11.3 Å². The summed E-state index contributed by atoms with van der Waals surface area (Å²) in [5.41, 5.74) is 1.62. The molecular formula is C24H29N5O4S. The zero-order valence-corrected chi connectivity index (χ0v) is 20.6. The van der Waals surface area contributed by atoms with Gasteiger partial charge in [-0.25, -0.2) is 14.5 Å². The van der Waals surface area contributed by atoms with Crippen LogP contribution in [0.25, 0.3) is 5.69 Å². The zero-order chi connectivity index (χ0) is 24.3. The highest BCUT2D eigenvalue weighted by atomic mass is 32.1. The van der Waals surface area contributed by atoms with Crippen molar-refractivity contribution >= 4 is 28.5 Å². The van der Waals surface area contributed by atoms with E-state index in [2.05, 4.69) is 15.4 Å². The van der Waals surface area contributed by atoms with Gasteiger partial charge in [0.05, 0.1) is 30.3 Å². The molecule has 34 heavy (non-hydrogen) atoms. The fourth-order valence-corrected chi connectivity index (χ4v) is 4.49. The highest BCUT2D eigenvalue weighted by Crippen LogP contribution is 2.33. The van der Waals surface area contributed by atoms with Crippen LogP contribution in [0.5, 0.6) is 5.75 Å². The van der Waals surface area contributed by atoms with Gasteiger partial charge in [-0.05, 0) is 57.9 Å². The molecule has 1 aromatic carbocycles. The first-order valence-electron chi connectivity index (χ1n) is 11.2. The van der Waals surface area contributed by atoms with Gasteiger partial charge in [-0.3, -0.25) is 10.1 Å². The molecule has 4 rings (SSSR count). The van der Waals surface area contributed by atoms with Crippen molar-refractivity contribution < 1.29 is 19.1 Å². The standard InChI is InChI=1S/C24H29N5O4S/c1-24(2,3)33-23(31)28-12-9-16(10-13-28)20-19(21(30)27-22-25-11-14-34-22)15-26-29(20)17-5-7-18(32-4)8-6-17/h5-8,11,14-16H,9-10,12-13H2,1-4H3,(H,25,27,30). The fourth-order valence-electron chi connectivity index (χ4n) is 3.97. The highest BCUT2D eigenvalue weighted by Gasteiger charge is 2.32. The Morgan fingerprint density at radius 3 is 2.44 bits per heavy atom. The lowest BCUT2D eigenvalue weighted by atomic mass is 9.91. The molecule has 0 bridgehead atoms. The molecule has 1 fully saturated rings. The summed E-state index contributed by atoms with van der Waals surface area (Å²) >= 11 is 1.36. The smallest absolute Gasteiger partial charge is 0.410 e. The minimum absolute atomic E-state index is 0.0420. The van der Waals surface area contributed by atoms with Crippen molar-refractivity contribution in [1.29, 1.82) is 0 Å². The number of amides is 2. The van der Waals surface area contributed by atoms with Crippen molar-refractivity contribution in [3.8, 4) is 11.4 Å². The maximum atomic E-state index is 13.1. The summed E-state index contributed by atoms with van der Waals surface area (Å²) in [5, 5.41) is 9.77. The second-order valence-electron chi connectivity index (χ2n) is 9.09. The molecule has 0 radical (unpaired) electrons. The number of methoxy groups -OCH3 is 1.